The average Bonchev–Trinajstić information content (AvgIpc) is 2.82. The Labute approximate surface area is 68.0 Å². The Morgan fingerprint density at radius 1 is 1.64 bits per heavy atom. The number of fused-ring (bicyclic) bond motifs is 1. The summed E-state index contributed by atoms with van der Waals surface area (Å²) in [7, 11) is 1.98. The molecule has 2 N–H and O–H groups in total. The number of nitrogens with one attached hydrogen (secondary N) is 1. The monoisotopic (exact) mass is 155 g/mol. The summed E-state index contributed by atoms with van der Waals surface area (Å²) in [6.45, 7) is 0.324. The van der Waals surface area contributed by atoms with Crippen LogP contribution in [0.25, 0.3) is 0 Å². The van der Waals surface area contributed by atoms with Gasteiger partial charge in [-0.05, 0) is 31.7 Å². The van der Waals surface area contributed by atoms with Crippen molar-refractivity contribution < 1.29 is 5.11 Å². The van der Waals surface area contributed by atoms with Crippen LogP contribution in [0.5, 0.6) is 0 Å². The minimum atomic E-state index is 0.100. The van der Waals surface area contributed by atoms with Gasteiger partial charge in [0, 0.05) is 5.54 Å². The quantitative estimate of drug-likeness (QED) is 0.617. The van der Waals surface area contributed by atoms with E-state index >= 15 is 0 Å². The van der Waals surface area contributed by atoms with Crippen LogP contribution < -0.4 is 5.32 Å². The van der Waals surface area contributed by atoms with E-state index in [9.17, 15) is 5.11 Å². The first-order chi connectivity index (χ1) is 5.32. The SMILES string of the molecule is CNC1(CO)CCCC2CC21. The molecule has 0 aromatic carbocycles. The molecular formula is C9H17NO. The maximum absolute atomic E-state index is 9.28. The molecule has 0 bridgehead atoms. The zero-order valence-corrected chi connectivity index (χ0v) is 7.14. The first kappa shape index (κ1) is 7.56. The summed E-state index contributed by atoms with van der Waals surface area (Å²) in [5.41, 5.74) is 0.100. The predicted molar refractivity (Wildman–Crippen MR) is 44.3 cm³/mol. The fourth-order valence-electron chi connectivity index (χ4n) is 2.69. The molecule has 64 valence electrons. The van der Waals surface area contributed by atoms with Crippen molar-refractivity contribution in [1.29, 1.82) is 0 Å². The van der Waals surface area contributed by atoms with Crippen molar-refractivity contribution in [2.24, 2.45) is 11.8 Å². The van der Waals surface area contributed by atoms with Gasteiger partial charge in [0.15, 0.2) is 0 Å². The molecule has 3 atom stereocenters. The number of likely N-dealkylation sites (N-methyl/N-ethyl adjacent to an activating group) is 1. The van der Waals surface area contributed by atoms with E-state index in [0.29, 0.717) is 6.61 Å². The van der Waals surface area contributed by atoms with E-state index in [1.165, 1.54) is 25.7 Å². The van der Waals surface area contributed by atoms with Gasteiger partial charge in [-0.1, -0.05) is 12.8 Å². The minimum Gasteiger partial charge on any atom is -0.394 e. The normalized spacial score (nSPS) is 48.5. The van der Waals surface area contributed by atoms with Crippen LogP contribution in [0.1, 0.15) is 25.7 Å². The molecule has 2 aliphatic carbocycles. The van der Waals surface area contributed by atoms with Crippen LogP contribution in [0.2, 0.25) is 0 Å². The summed E-state index contributed by atoms with van der Waals surface area (Å²) in [6.07, 6.45) is 5.21. The summed E-state index contributed by atoms with van der Waals surface area (Å²) in [5.74, 6) is 1.72. The lowest BCUT2D eigenvalue weighted by Gasteiger charge is -2.35. The summed E-state index contributed by atoms with van der Waals surface area (Å²) < 4.78 is 0. The Morgan fingerprint density at radius 2 is 2.45 bits per heavy atom. The van der Waals surface area contributed by atoms with Gasteiger partial charge in [0.25, 0.3) is 0 Å². The fraction of sp³-hybridized carbons (Fsp3) is 1.00. The Bertz CT molecular complexity index is 154. The van der Waals surface area contributed by atoms with Crippen molar-refractivity contribution in [3.63, 3.8) is 0 Å². The molecule has 2 fully saturated rings. The fourth-order valence-corrected chi connectivity index (χ4v) is 2.69. The second-order valence-electron chi connectivity index (χ2n) is 4.06. The van der Waals surface area contributed by atoms with Crippen LogP contribution >= 0.6 is 0 Å². The van der Waals surface area contributed by atoms with Crippen LogP contribution in [0, 0.1) is 11.8 Å². The molecule has 0 aromatic heterocycles. The maximum Gasteiger partial charge on any atom is 0.0616 e. The van der Waals surface area contributed by atoms with Crippen LogP contribution in [0.4, 0.5) is 0 Å². The van der Waals surface area contributed by atoms with Gasteiger partial charge in [-0.25, -0.2) is 0 Å². The lowest BCUT2D eigenvalue weighted by molar-refractivity contribution is 0.116. The molecular weight excluding hydrogens is 138 g/mol. The van der Waals surface area contributed by atoms with E-state index < -0.39 is 0 Å². The van der Waals surface area contributed by atoms with Crippen molar-refractivity contribution in [2.45, 2.75) is 31.2 Å². The first-order valence-electron chi connectivity index (χ1n) is 4.62. The topological polar surface area (TPSA) is 32.3 Å². The van der Waals surface area contributed by atoms with Gasteiger partial charge in [-0.3, -0.25) is 0 Å². The van der Waals surface area contributed by atoms with Crippen LogP contribution in [-0.2, 0) is 0 Å². The van der Waals surface area contributed by atoms with Gasteiger partial charge < -0.3 is 10.4 Å². The summed E-state index contributed by atoms with van der Waals surface area (Å²) in [4.78, 5) is 0. The minimum absolute atomic E-state index is 0.100. The number of rotatable bonds is 2. The third-order valence-corrected chi connectivity index (χ3v) is 3.61. The highest BCUT2D eigenvalue weighted by Crippen LogP contribution is 2.54. The lowest BCUT2D eigenvalue weighted by Crippen LogP contribution is -2.50. The van der Waals surface area contributed by atoms with E-state index in [4.69, 9.17) is 0 Å². The molecule has 0 spiro atoms. The predicted octanol–water partition coefficient (Wildman–Crippen LogP) is 0.757. The van der Waals surface area contributed by atoms with Crippen molar-refractivity contribution in [2.75, 3.05) is 13.7 Å². The molecule has 0 aliphatic heterocycles. The van der Waals surface area contributed by atoms with E-state index in [0.717, 1.165) is 11.8 Å². The van der Waals surface area contributed by atoms with Crippen LogP contribution in [0.3, 0.4) is 0 Å². The molecule has 2 saturated carbocycles. The van der Waals surface area contributed by atoms with Gasteiger partial charge in [0.2, 0.25) is 0 Å². The Balaban J connectivity index is 2.09. The highest BCUT2D eigenvalue weighted by atomic mass is 16.3. The molecule has 2 nitrogen and oxygen atoms in total. The van der Waals surface area contributed by atoms with E-state index in [1.54, 1.807) is 0 Å². The van der Waals surface area contributed by atoms with Crippen molar-refractivity contribution >= 4 is 0 Å². The number of aliphatic hydroxyl groups is 1. The molecule has 11 heavy (non-hydrogen) atoms. The Morgan fingerprint density at radius 3 is 3.00 bits per heavy atom. The largest absolute Gasteiger partial charge is 0.394 e. The van der Waals surface area contributed by atoms with Crippen LogP contribution in [-0.4, -0.2) is 24.3 Å². The van der Waals surface area contributed by atoms with E-state index in [2.05, 4.69) is 5.32 Å². The molecule has 0 aromatic rings. The van der Waals surface area contributed by atoms with Gasteiger partial charge >= 0.3 is 0 Å². The summed E-state index contributed by atoms with van der Waals surface area (Å²) in [6, 6.07) is 0. The average molecular weight is 155 g/mol. The second-order valence-corrected chi connectivity index (χ2v) is 4.06. The Hall–Kier alpha value is -0.0800. The maximum atomic E-state index is 9.28. The zero-order valence-electron chi connectivity index (χ0n) is 7.14. The number of hydrogen-bond acceptors (Lipinski definition) is 2. The molecule has 0 saturated heterocycles. The van der Waals surface area contributed by atoms with Gasteiger partial charge in [0.1, 0.15) is 0 Å². The van der Waals surface area contributed by atoms with Gasteiger partial charge in [-0.15, -0.1) is 0 Å². The number of hydrogen-bond donors (Lipinski definition) is 2. The third kappa shape index (κ3) is 1.00. The molecule has 0 heterocycles. The summed E-state index contributed by atoms with van der Waals surface area (Å²) in [5, 5.41) is 12.6. The number of aliphatic hydroxyl groups excluding tert-OH is 1. The molecule has 0 amide bonds. The van der Waals surface area contributed by atoms with Crippen molar-refractivity contribution in [3.8, 4) is 0 Å². The molecule has 2 heteroatoms. The second kappa shape index (κ2) is 2.46. The highest BCUT2D eigenvalue weighted by Gasteiger charge is 2.53. The molecule has 2 aliphatic rings. The third-order valence-electron chi connectivity index (χ3n) is 3.61. The van der Waals surface area contributed by atoms with Crippen LogP contribution in [0.15, 0.2) is 0 Å². The standard InChI is InChI=1S/C9H17NO/c1-10-9(6-11)4-2-3-7-5-8(7)9/h7-8,10-11H,2-6H2,1H3. The smallest absolute Gasteiger partial charge is 0.0616 e. The van der Waals surface area contributed by atoms with Crippen molar-refractivity contribution in [3.05, 3.63) is 0 Å². The van der Waals surface area contributed by atoms with E-state index in [1.807, 2.05) is 7.05 Å². The first-order valence-corrected chi connectivity index (χ1v) is 4.62. The van der Waals surface area contributed by atoms with E-state index in [-0.39, 0.29) is 5.54 Å². The summed E-state index contributed by atoms with van der Waals surface area (Å²) >= 11 is 0. The van der Waals surface area contributed by atoms with Gasteiger partial charge in [0.05, 0.1) is 6.61 Å². The zero-order chi connectivity index (χ0) is 7.90. The molecule has 0 radical (unpaired) electrons. The van der Waals surface area contributed by atoms with Crippen molar-refractivity contribution in [1.82, 2.24) is 5.32 Å². The molecule has 3 unspecified atom stereocenters. The Kier molecular flexibility index (Phi) is 1.69. The molecule has 2 rings (SSSR count). The lowest BCUT2D eigenvalue weighted by atomic mass is 9.82. The van der Waals surface area contributed by atoms with Gasteiger partial charge in [-0.2, -0.15) is 0 Å². The highest BCUT2D eigenvalue weighted by molar-refractivity contribution is 5.08.